The Bertz CT molecular complexity index is 566. The molecule has 0 spiro atoms. The number of nitro benzene ring substituents is 1. The Balaban J connectivity index is 2.55. The maximum absolute atomic E-state index is 12.0. The molecule has 17 heavy (non-hydrogen) atoms. The van der Waals surface area contributed by atoms with Crippen LogP contribution in [0.25, 0.3) is 0 Å². The molecule has 0 aromatic heterocycles. The van der Waals surface area contributed by atoms with E-state index < -0.39 is 14.7 Å². The summed E-state index contributed by atoms with van der Waals surface area (Å²) in [5.41, 5.74) is 0.141. The highest BCUT2D eigenvalue weighted by atomic mass is 32.2. The van der Waals surface area contributed by atoms with Crippen molar-refractivity contribution in [3.05, 3.63) is 28.3 Å². The maximum atomic E-state index is 12.0. The lowest BCUT2D eigenvalue weighted by Crippen LogP contribution is -2.23. The number of hydrogen-bond donors (Lipinski definition) is 0. The van der Waals surface area contributed by atoms with Gasteiger partial charge in [-0.1, -0.05) is 6.07 Å². The van der Waals surface area contributed by atoms with E-state index in [2.05, 4.69) is 4.36 Å². The first kappa shape index (κ1) is 11.8. The van der Waals surface area contributed by atoms with Crippen LogP contribution >= 0.6 is 0 Å². The third-order valence-electron chi connectivity index (χ3n) is 2.57. The van der Waals surface area contributed by atoms with Gasteiger partial charge in [0.05, 0.1) is 21.8 Å². The van der Waals surface area contributed by atoms with Gasteiger partial charge in [-0.15, -0.1) is 0 Å². The highest BCUT2D eigenvalue weighted by Crippen LogP contribution is 2.38. The van der Waals surface area contributed by atoms with Crippen LogP contribution in [-0.4, -0.2) is 27.7 Å². The van der Waals surface area contributed by atoms with E-state index in [1.165, 1.54) is 19.2 Å². The number of nitrogens with zero attached hydrogens (tertiary/aromatic N) is 2. The fourth-order valence-electron chi connectivity index (χ4n) is 1.60. The Morgan fingerprint density at radius 2 is 2.18 bits per heavy atom. The zero-order valence-electron chi connectivity index (χ0n) is 9.29. The molecule has 0 saturated carbocycles. The van der Waals surface area contributed by atoms with Crippen molar-refractivity contribution in [1.29, 1.82) is 0 Å². The quantitative estimate of drug-likeness (QED) is 0.612. The molecule has 0 amide bonds. The summed E-state index contributed by atoms with van der Waals surface area (Å²) >= 11 is 0. The van der Waals surface area contributed by atoms with Gasteiger partial charge in [-0.3, -0.25) is 10.1 Å². The van der Waals surface area contributed by atoms with Crippen LogP contribution in [0.1, 0.15) is 6.42 Å². The molecule has 0 unspecified atom stereocenters. The molecule has 0 N–H and O–H groups in total. The molecule has 1 heterocycles. The summed E-state index contributed by atoms with van der Waals surface area (Å²) in [7, 11) is -0.852. The van der Waals surface area contributed by atoms with Crippen molar-refractivity contribution < 1.29 is 13.9 Å². The minimum Gasteiger partial charge on any atom is -0.489 e. The topological polar surface area (TPSA) is 81.8 Å². The summed E-state index contributed by atoms with van der Waals surface area (Å²) < 4.78 is 21.1. The van der Waals surface area contributed by atoms with Gasteiger partial charge in [0, 0.05) is 17.6 Å². The Labute approximate surface area is 98.9 Å². The van der Waals surface area contributed by atoms with Crippen LogP contribution in [0.3, 0.4) is 0 Å². The summed E-state index contributed by atoms with van der Waals surface area (Å²) in [6, 6.07) is 4.43. The molecule has 0 atom stereocenters. The normalized spacial score (nSPS) is 17.0. The fourth-order valence-corrected chi connectivity index (χ4v) is 3.07. The fraction of sp³-hybridized carbons (Fsp3) is 0.400. The third kappa shape index (κ3) is 2.23. The molecular formula is C10H12N2O4S. The van der Waals surface area contributed by atoms with Crippen molar-refractivity contribution in [2.75, 3.05) is 18.6 Å². The molecule has 1 aromatic rings. The molecule has 92 valence electrons. The van der Waals surface area contributed by atoms with Crippen molar-refractivity contribution >= 4 is 21.1 Å². The van der Waals surface area contributed by atoms with Crippen molar-refractivity contribution in [1.82, 2.24) is 0 Å². The van der Waals surface area contributed by atoms with Crippen molar-refractivity contribution in [3.63, 3.8) is 0 Å². The Morgan fingerprint density at radius 1 is 1.47 bits per heavy atom. The van der Waals surface area contributed by atoms with E-state index in [9.17, 15) is 14.3 Å². The number of para-hydroxylation sites is 1. The second kappa shape index (κ2) is 4.33. The van der Waals surface area contributed by atoms with E-state index in [4.69, 9.17) is 4.74 Å². The van der Waals surface area contributed by atoms with Gasteiger partial charge in [0.2, 0.25) is 5.75 Å². The maximum Gasteiger partial charge on any atom is 0.313 e. The van der Waals surface area contributed by atoms with Crippen molar-refractivity contribution in [2.24, 2.45) is 4.36 Å². The SMILES string of the molecule is COc1c(N=S2(=O)CCC2)cccc1[N+](=O)[O-]. The lowest BCUT2D eigenvalue weighted by atomic mass is 10.2. The van der Waals surface area contributed by atoms with Crippen LogP contribution in [0.4, 0.5) is 11.4 Å². The van der Waals surface area contributed by atoms with E-state index in [0.29, 0.717) is 17.2 Å². The molecule has 1 fully saturated rings. The minimum absolute atomic E-state index is 0.0760. The van der Waals surface area contributed by atoms with Gasteiger partial charge in [0.25, 0.3) is 0 Å². The highest BCUT2D eigenvalue weighted by molar-refractivity contribution is 7.95. The zero-order chi connectivity index (χ0) is 12.5. The van der Waals surface area contributed by atoms with Crippen LogP contribution in [-0.2, 0) is 9.73 Å². The predicted octanol–water partition coefficient (Wildman–Crippen LogP) is 2.11. The molecule has 6 nitrogen and oxygen atoms in total. The second-order valence-electron chi connectivity index (χ2n) is 3.71. The number of rotatable bonds is 3. The largest absolute Gasteiger partial charge is 0.489 e. The first-order valence-corrected chi connectivity index (χ1v) is 6.95. The summed E-state index contributed by atoms with van der Waals surface area (Å²) in [5.74, 6) is 1.18. The predicted molar refractivity (Wildman–Crippen MR) is 64.2 cm³/mol. The van der Waals surface area contributed by atoms with Gasteiger partial charge in [0.1, 0.15) is 5.69 Å². The van der Waals surface area contributed by atoms with E-state index in [-0.39, 0.29) is 11.4 Å². The Hall–Kier alpha value is -1.63. The lowest BCUT2D eigenvalue weighted by Gasteiger charge is -2.18. The van der Waals surface area contributed by atoms with Gasteiger partial charge in [-0.2, -0.15) is 4.36 Å². The molecule has 1 aliphatic rings. The molecule has 2 rings (SSSR count). The molecule has 7 heteroatoms. The first-order valence-electron chi connectivity index (χ1n) is 5.10. The molecule has 0 radical (unpaired) electrons. The number of benzene rings is 1. The first-order chi connectivity index (χ1) is 8.06. The number of hydrogen-bond acceptors (Lipinski definition) is 5. The molecular weight excluding hydrogens is 244 g/mol. The van der Waals surface area contributed by atoms with Gasteiger partial charge in [0.15, 0.2) is 0 Å². The summed E-state index contributed by atoms with van der Waals surface area (Å²) in [4.78, 5) is 10.3. The van der Waals surface area contributed by atoms with E-state index in [1.807, 2.05) is 0 Å². The summed E-state index contributed by atoms with van der Waals surface area (Å²) in [6.07, 6.45) is 0.888. The average molecular weight is 256 g/mol. The zero-order valence-corrected chi connectivity index (χ0v) is 10.1. The Morgan fingerprint density at radius 3 is 2.65 bits per heavy atom. The van der Waals surface area contributed by atoms with E-state index in [0.717, 1.165) is 6.42 Å². The van der Waals surface area contributed by atoms with Crippen molar-refractivity contribution in [3.8, 4) is 5.75 Å². The van der Waals surface area contributed by atoms with Crippen molar-refractivity contribution in [2.45, 2.75) is 6.42 Å². The van der Waals surface area contributed by atoms with Crippen LogP contribution in [0, 0.1) is 10.1 Å². The van der Waals surface area contributed by atoms with Crippen LogP contribution < -0.4 is 4.74 Å². The van der Waals surface area contributed by atoms with Gasteiger partial charge >= 0.3 is 5.69 Å². The van der Waals surface area contributed by atoms with Gasteiger partial charge < -0.3 is 4.74 Å². The third-order valence-corrected chi connectivity index (χ3v) is 4.95. The number of methoxy groups -OCH3 is 1. The smallest absolute Gasteiger partial charge is 0.313 e. The van der Waals surface area contributed by atoms with Gasteiger partial charge in [-0.25, -0.2) is 4.21 Å². The number of nitro groups is 1. The monoisotopic (exact) mass is 256 g/mol. The lowest BCUT2D eigenvalue weighted by molar-refractivity contribution is -0.385. The molecule has 0 bridgehead atoms. The molecule has 1 aromatic carbocycles. The minimum atomic E-state index is -2.19. The van der Waals surface area contributed by atoms with Gasteiger partial charge in [-0.05, 0) is 12.5 Å². The van der Waals surface area contributed by atoms with E-state index in [1.54, 1.807) is 6.07 Å². The molecule has 1 saturated heterocycles. The standard InChI is InChI=1S/C10H12N2O4S/c1-16-10-8(11-17(15)6-3-7-17)4-2-5-9(10)12(13)14/h2,4-5H,3,6-7H2,1H3. The molecule has 1 aliphatic heterocycles. The van der Waals surface area contributed by atoms with E-state index >= 15 is 0 Å². The average Bonchev–Trinajstić information content (AvgIpc) is 2.26. The van der Waals surface area contributed by atoms with Crippen LogP contribution in [0.2, 0.25) is 0 Å². The summed E-state index contributed by atoms with van der Waals surface area (Å²) in [6.45, 7) is 0. The Kier molecular flexibility index (Phi) is 3.01. The number of ether oxygens (including phenoxy) is 1. The van der Waals surface area contributed by atoms with Crippen LogP contribution in [0.5, 0.6) is 5.75 Å². The highest BCUT2D eigenvalue weighted by Gasteiger charge is 2.23. The molecule has 0 aliphatic carbocycles. The second-order valence-corrected chi connectivity index (χ2v) is 6.26. The summed E-state index contributed by atoms with van der Waals surface area (Å²) in [5, 5.41) is 10.8. The van der Waals surface area contributed by atoms with Crippen LogP contribution in [0.15, 0.2) is 22.6 Å².